The molecular weight excluding hydrogens is 243 g/mol. The van der Waals surface area contributed by atoms with Gasteiger partial charge in [-0.15, -0.1) is 0 Å². The van der Waals surface area contributed by atoms with E-state index < -0.39 is 0 Å². The number of halogens is 1. The number of benzene rings is 1. The minimum atomic E-state index is -0.286. The van der Waals surface area contributed by atoms with Crippen molar-refractivity contribution < 1.29 is 4.39 Å². The average molecular weight is 262 g/mol. The molecule has 2 aromatic rings. The van der Waals surface area contributed by atoms with Gasteiger partial charge in [-0.25, -0.2) is 4.39 Å². The maximum Gasteiger partial charge on any atom is 0.123 e. The first-order valence-electron chi connectivity index (χ1n) is 6.16. The predicted molar refractivity (Wildman–Crippen MR) is 72.7 cm³/mol. The molecule has 1 unspecified atom stereocenters. The molecule has 19 heavy (non-hydrogen) atoms. The number of rotatable bonds is 4. The molecule has 0 radical (unpaired) electrons. The first-order valence-corrected chi connectivity index (χ1v) is 6.16. The molecule has 1 aromatic heterocycles. The summed E-state index contributed by atoms with van der Waals surface area (Å²) in [6.45, 7) is 4.13. The van der Waals surface area contributed by atoms with E-state index in [1.165, 1.54) is 12.1 Å². The molecule has 102 valence electrons. The first kappa shape index (κ1) is 13.7. The molecule has 1 heterocycles. The highest BCUT2D eigenvalue weighted by Crippen LogP contribution is 2.36. The molecule has 0 bridgehead atoms. The molecule has 0 saturated heterocycles. The molecule has 4 nitrogen and oxygen atoms in total. The number of hydrogen-bond donors (Lipinski definition) is 2. The molecular formula is C14H19FN4. The molecule has 1 aromatic carbocycles. The minimum Gasteiger partial charge on any atom is -0.275 e. The van der Waals surface area contributed by atoms with E-state index in [4.69, 9.17) is 5.84 Å². The largest absolute Gasteiger partial charge is 0.275 e. The van der Waals surface area contributed by atoms with Crippen LogP contribution in [0.15, 0.2) is 36.7 Å². The van der Waals surface area contributed by atoms with Crippen LogP contribution in [0.2, 0.25) is 0 Å². The monoisotopic (exact) mass is 262 g/mol. The molecule has 0 amide bonds. The van der Waals surface area contributed by atoms with E-state index in [0.29, 0.717) is 0 Å². The topological polar surface area (TPSA) is 55.9 Å². The van der Waals surface area contributed by atoms with E-state index in [1.807, 2.05) is 13.2 Å². The first-order chi connectivity index (χ1) is 8.95. The van der Waals surface area contributed by atoms with Gasteiger partial charge in [-0.1, -0.05) is 26.0 Å². The maximum absolute atomic E-state index is 13.0. The van der Waals surface area contributed by atoms with Crippen molar-refractivity contribution in [2.24, 2.45) is 12.9 Å². The molecule has 0 fully saturated rings. The molecule has 0 aliphatic rings. The zero-order valence-corrected chi connectivity index (χ0v) is 11.4. The Hall–Kier alpha value is -1.72. The van der Waals surface area contributed by atoms with Crippen LogP contribution >= 0.6 is 0 Å². The number of nitrogens with two attached hydrogens (primary N) is 1. The van der Waals surface area contributed by atoms with Gasteiger partial charge in [0.05, 0.1) is 12.2 Å². The SMILES string of the molecule is Cn1cc(C(NN)C(C)(C)c2ccc(F)cc2)cn1. The van der Waals surface area contributed by atoms with Crippen LogP contribution in [0.25, 0.3) is 0 Å². The summed E-state index contributed by atoms with van der Waals surface area (Å²) in [6.07, 6.45) is 3.71. The van der Waals surface area contributed by atoms with Gasteiger partial charge >= 0.3 is 0 Å². The van der Waals surface area contributed by atoms with Gasteiger partial charge in [0, 0.05) is 24.2 Å². The molecule has 0 aliphatic heterocycles. The Kier molecular flexibility index (Phi) is 3.68. The molecule has 3 N–H and O–H groups in total. The second-order valence-corrected chi connectivity index (χ2v) is 5.28. The summed E-state index contributed by atoms with van der Waals surface area (Å²) in [6, 6.07) is 6.40. The lowest BCUT2D eigenvalue weighted by molar-refractivity contribution is 0.352. The summed E-state index contributed by atoms with van der Waals surface area (Å²) in [4.78, 5) is 0. The van der Waals surface area contributed by atoms with Crippen molar-refractivity contribution in [3.05, 3.63) is 53.6 Å². The van der Waals surface area contributed by atoms with E-state index >= 15 is 0 Å². The smallest absolute Gasteiger partial charge is 0.123 e. The highest BCUT2D eigenvalue weighted by atomic mass is 19.1. The third-order valence-electron chi connectivity index (χ3n) is 3.53. The van der Waals surface area contributed by atoms with Crippen molar-refractivity contribution in [1.29, 1.82) is 0 Å². The Morgan fingerprint density at radius 1 is 1.32 bits per heavy atom. The van der Waals surface area contributed by atoms with Crippen LogP contribution in [-0.4, -0.2) is 9.78 Å². The van der Waals surface area contributed by atoms with Gasteiger partial charge in [0.2, 0.25) is 0 Å². The van der Waals surface area contributed by atoms with Crippen molar-refractivity contribution in [1.82, 2.24) is 15.2 Å². The van der Waals surface area contributed by atoms with E-state index in [0.717, 1.165) is 11.1 Å². The van der Waals surface area contributed by atoms with Gasteiger partial charge in [0.15, 0.2) is 0 Å². The summed E-state index contributed by atoms with van der Waals surface area (Å²) in [5.41, 5.74) is 4.57. The van der Waals surface area contributed by atoms with Crippen molar-refractivity contribution in [3.63, 3.8) is 0 Å². The Labute approximate surface area is 112 Å². The Balaban J connectivity index is 2.38. The normalized spacial score (nSPS) is 13.5. The van der Waals surface area contributed by atoms with Crippen molar-refractivity contribution >= 4 is 0 Å². The van der Waals surface area contributed by atoms with Gasteiger partial charge in [-0.3, -0.25) is 16.0 Å². The molecule has 1 atom stereocenters. The molecule has 0 aliphatic carbocycles. The molecule has 0 saturated carbocycles. The fourth-order valence-electron chi connectivity index (χ4n) is 2.36. The lowest BCUT2D eigenvalue weighted by atomic mass is 9.76. The second-order valence-electron chi connectivity index (χ2n) is 5.28. The number of aromatic nitrogens is 2. The zero-order valence-electron chi connectivity index (χ0n) is 11.4. The van der Waals surface area contributed by atoms with Gasteiger partial charge < -0.3 is 0 Å². The van der Waals surface area contributed by atoms with Crippen molar-refractivity contribution in [2.75, 3.05) is 0 Å². The Morgan fingerprint density at radius 2 is 1.95 bits per heavy atom. The Bertz CT molecular complexity index is 545. The van der Waals surface area contributed by atoms with Crippen LogP contribution in [-0.2, 0) is 12.5 Å². The minimum absolute atomic E-state index is 0.105. The van der Waals surface area contributed by atoms with E-state index in [1.54, 1.807) is 23.0 Å². The number of nitrogens with one attached hydrogen (secondary N) is 1. The zero-order chi connectivity index (χ0) is 14.0. The van der Waals surface area contributed by atoms with Crippen LogP contribution in [0, 0.1) is 5.82 Å². The van der Waals surface area contributed by atoms with E-state index in [9.17, 15) is 4.39 Å². The average Bonchev–Trinajstić information content (AvgIpc) is 2.77. The quantitative estimate of drug-likeness (QED) is 0.655. The maximum atomic E-state index is 13.0. The number of aryl methyl sites for hydroxylation is 1. The number of hydrogen-bond acceptors (Lipinski definition) is 3. The van der Waals surface area contributed by atoms with E-state index in [-0.39, 0.29) is 17.3 Å². The fraction of sp³-hybridized carbons (Fsp3) is 0.357. The van der Waals surface area contributed by atoms with Crippen molar-refractivity contribution in [3.8, 4) is 0 Å². The fourth-order valence-corrected chi connectivity index (χ4v) is 2.36. The van der Waals surface area contributed by atoms with Gasteiger partial charge in [-0.2, -0.15) is 5.10 Å². The molecule has 5 heteroatoms. The molecule has 0 spiro atoms. The number of hydrazine groups is 1. The standard InChI is InChI=1S/C14H19FN4/c1-14(2,11-4-6-12(15)7-5-11)13(18-16)10-8-17-19(3)9-10/h4-9,13,18H,16H2,1-3H3. The van der Waals surface area contributed by atoms with Crippen molar-refractivity contribution in [2.45, 2.75) is 25.3 Å². The van der Waals surface area contributed by atoms with Gasteiger partial charge in [0.25, 0.3) is 0 Å². The lowest BCUT2D eigenvalue weighted by Crippen LogP contribution is -2.40. The van der Waals surface area contributed by atoms with Gasteiger partial charge in [0.1, 0.15) is 5.82 Å². The number of nitrogens with zero attached hydrogens (tertiary/aromatic N) is 2. The summed E-state index contributed by atoms with van der Waals surface area (Å²) < 4.78 is 14.8. The second kappa shape index (κ2) is 5.11. The summed E-state index contributed by atoms with van der Waals surface area (Å²) >= 11 is 0. The Morgan fingerprint density at radius 3 is 2.42 bits per heavy atom. The van der Waals surface area contributed by atoms with Crippen LogP contribution in [0.1, 0.15) is 31.0 Å². The van der Waals surface area contributed by atoms with E-state index in [2.05, 4.69) is 24.4 Å². The summed E-state index contributed by atoms with van der Waals surface area (Å²) in [5, 5.41) is 4.17. The molecule has 2 rings (SSSR count). The predicted octanol–water partition coefficient (Wildman–Crippen LogP) is 2.04. The van der Waals surface area contributed by atoms with Crippen LogP contribution in [0.3, 0.4) is 0 Å². The summed E-state index contributed by atoms with van der Waals surface area (Å²) in [5.74, 6) is 5.47. The highest BCUT2D eigenvalue weighted by Gasteiger charge is 2.32. The third kappa shape index (κ3) is 2.67. The van der Waals surface area contributed by atoms with Crippen LogP contribution < -0.4 is 11.3 Å². The third-order valence-corrected chi connectivity index (χ3v) is 3.53. The van der Waals surface area contributed by atoms with Gasteiger partial charge in [-0.05, 0) is 17.7 Å². The lowest BCUT2D eigenvalue weighted by Gasteiger charge is -2.34. The highest BCUT2D eigenvalue weighted by molar-refractivity contribution is 5.30. The van der Waals surface area contributed by atoms with Crippen LogP contribution in [0.4, 0.5) is 4.39 Å². The van der Waals surface area contributed by atoms with Crippen LogP contribution in [0.5, 0.6) is 0 Å². The summed E-state index contributed by atoms with van der Waals surface area (Å²) in [7, 11) is 1.86.